The monoisotopic (exact) mass is 286 g/mol. The number of ether oxygens (including phenoxy) is 1. The molecule has 3 N–H and O–H groups in total. The van der Waals surface area contributed by atoms with E-state index in [4.69, 9.17) is 10.6 Å². The molecule has 3 aliphatic rings. The third kappa shape index (κ3) is 2.27. The van der Waals surface area contributed by atoms with Crippen molar-refractivity contribution in [3.63, 3.8) is 0 Å². The van der Waals surface area contributed by atoms with Crippen LogP contribution in [0.2, 0.25) is 0 Å². The number of hydrogen-bond donors (Lipinski definition) is 2. The van der Waals surface area contributed by atoms with Crippen molar-refractivity contribution in [1.82, 2.24) is 5.43 Å². The summed E-state index contributed by atoms with van der Waals surface area (Å²) >= 11 is 0. The molecule has 3 nitrogen and oxygen atoms in total. The van der Waals surface area contributed by atoms with Crippen LogP contribution in [-0.4, -0.2) is 13.2 Å². The minimum Gasteiger partial charge on any atom is -0.497 e. The number of aryl methyl sites for hydroxylation is 1. The summed E-state index contributed by atoms with van der Waals surface area (Å²) in [5.41, 5.74) is 4.51. The van der Waals surface area contributed by atoms with Crippen LogP contribution in [0.1, 0.15) is 31.2 Å². The molecule has 3 saturated carbocycles. The van der Waals surface area contributed by atoms with Gasteiger partial charge in [0.25, 0.3) is 0 Å². The number of hydrazine groups is 1. The van der Waals surface area contributed by atoms with Crippen LogP contribution in [0.5, 0.6) is 5.75 Å². The standard InChI is InChI=1S/C18H26N2O/c1-21-14-7-2-11(3-8-14)4-9-15(20-19)18-16-12-5-6-13(10-12)17(16)18/h2-3,7-8,12-13,15-18,20H,4-6,9-10,19H2,1H3. The Labute approximate surface area is 127 Å². The molecule has 3 heteroatoms. The van der Waals surface area contributed by atoms with Crippen LogP contribution in [0.4, 0.5) is 0 Å². The Hall–Kier alpha value is -1.06. The summed E-state index contributed by atoms with van der Waals surface area (Å²) in [6.07, 6.45) is 6.74. The van der Waals surface area contributed by atoms with E-state index in [1.165, 1.54) is 24.8 Å². The van der Waals surface area contributed by atoms with Gasteiger partial charge in [0.15, 0.2) is 0 Å². The summed E-state index contributed by atoms with van der Waals surface area (Å²) in [5.74, 6) is 11.7. The van der Waals surface area contributed by atoms with Gasteiger partial charge in [-0.3, -0.25) is 11.3 Å². The van der Waals surface area contributed by atoms with Crippen LogP contribution < -0.4 is 16.0 Å². The molecule has 0 aliphatic heterocycles. The first-order valence-corrected chi connectivity index (χ1v) is 8.41. The molecule has 4 rings (SSSR count). The molecule has 5 atom stereocenters. The second kappa shape index (κ2) is 5.29. The summed E-state index contributed by atoms with van der Waals surface area (Å²) in [5, 5.41) is 0. The zero-order valence-corrected chi connectivity index (χ0v) is 12.8. The van der Waals surface area contributed by atoms with Gasteiger partial charge in [-0.25, -0.2) is 0 Å². The van der Waals surface area contributed by atoms with Gasteiger partial charge in [-0.05, 0) is 79.4 Å². The smallest absolute Gasteiger partial charge is 0.118 e. The van der Waals surface area contributed by atoms with Gasteiger partial charge in [-0.2, -0.15) is 0 Å². The molecule has 0 spiro atoms. The van der Waals surface area contributed by atoms with Gasteiger partial charge >= 0.3 is 0 Å². The highest BCUT2D eigenvalue weighted by Crippen LogP contribution is 2.70. The average molecular weight is 286 g/mol. The van der Waals surface area contributed by atoms with Crippen molar-refractivity contribution < 1.29 is 4.74 Å². The Bertz CT molecular complexity index is 484. The minimum absolute atomic E-state index is 0.505. The molecule has 0 aromatic heterocycles. The number of methoxy groups -OCH3 is 1. The first-order valence-electron chi connectivity index (χ1n) is 8.41. The summed E-state index contributed by atoms with van der Waals surface area (Å²) in [6, 6.07) is 8.94. The Kier molecular flexibility index (Phi) is 3.43. The summed E-state index contributed by atoms with van der Waals surface area (Å²) < 4.78 is 5.21. The third-order valence-electron chi connectivity index (χ3n) is 6.38. The van der Waals surface area contributed by atoms with Crippen LogP contribution in [0.3, 0.4) is 0 Å². The molecular weight excluding hydrogens is 260 g/mol. The first kappa shape index (κ1) is 13.6. The lowest BCUT2D eigenvalue weighted by Crippen LogP contribution is -2.38. The van der Waals surface area contributed by atoms with Crippen LogP contribution in [0, 0.1) is 29.6 Å². The Morgan fingerprint density at radius 2 is 1.86 bits per heavy atom. The molecule has 3 fully saturated rings. The zero-order valence-electron chi connectivity index (χ0n) is 12.8. The highest BCUT2D eigenvalue weighted by Gasteiger charge is 2.66. The van der Waals surface area contributed by atoms with Crippen LogP contribution in [0.25, 0.3) is 0 Å². The fourth-order valence-corrected chi connectivity index (χ4v) is 5.43. The fourth-order valence-electron chi connectivity index (χ4n) is 5.43. The fraction of sp³-hybridized carbons (Fsp3) is 0.667. The van der Waals surface area contributed by atoms with E-state index in [1.54, 1.807) is 7.11 Å². The van der Waals surface area contributed by atoms with E-state index in [9.17, 15) is 0 Å². The molecule has 1 aromatic carbocycles. The molecule has 5 unspecified atom stereocenters. The summed E-state index contributed by atoms with van der Waals surface area (Å²) in [7, 11) is 1.71. The molecule has 21 heavy (non-hydrogen) atoms. The molecule has 0 radical (unpaired) electrons. The summed E-state index contributed by atoms with van der Waals surface area (Å²) in [4.78, 5) is 0. The van der Waals surface area contributed by atoms with Crippen LogP contribution in [-0.2, 0) is 6.42 Å². The summed E-state index contributed by atoms with van der Waals surface area (Å²) in [6.45, 7) is 0. The molecule has 114 valence electrons. The quantitative estimate of drug-likeness (QED) is 0.624. The van der Waals surface area contributed by atoms with Gasteiger partial charge in [0, 0.05) is 6.04 Å². The molecular formula is C18H26N2O. The normalized spacial score (nSPS) is 37.3. The van der Waals surface area contributed by atoms with E-state index in [-0.39, 0.29) is 0 Å². The van der Waals surface area contributed by atoms with Crippen molar-refractivity contribution >= 4 is 0 Å². The number of fused-ring (bicyclic) bond motifs is 5. The molecule has 0 amide bonds. The lowest BCUT2D eigenvalue weighted by atomic mass is 9.94. The van der Waals surface area contributed by atoms with Gasteiger partial charge in [-0.1, -0.05) is 12.1 Å². The second-order valence-corrected chi connectivity index (χ2v) is 7.23. The highest BCUT2D eigenvalue weighted by molar-refractivity contribution is 5.27. The molecule has 0 saturated heterocycles. The molecule has 0 heterocycles. The third-order valence-corrected chi connectivity index (χ3v) is 6.38. The highest BCUT2D eigenvalue weighted by atomic mass is 16.5. The SMILES string of the molecule is COc1ccc(CCC(NN)C2C3C4CCC(C4)C32)cc1. The first-order chi connectivity index (χ1) is 10.3. The van der Waals surface area contributed by atoms with Crippen molar-refractivity contribution in [3.05, 3.63) is 29.8 Å². The van der Waals surface area contributed by atoms with Gasteiger partial charge < -0.3 is 4.74 Å². The van der Waals surface area contributed by atoms with E-state index in [2.05, 4.69) is 17.6 Å². The lowest BCUT2D eigenvalue weighted by Gasteiger charge is -2.19. The Balaban J connectivity index is 1.35. The zero-order chi connectivity index (χ0) is 14.4. The second-order valence-electron chi connectivity index (χ2n) is 7.23. The minimum atomic E-state index is 0.505. The van der Waals surface area contributed by atoms with Crippen molar-refractivity contribution in [1.29, 1.82) is 0 Å². The van der Waals surface area contributed by atoms with Crippen molar-refractivity contribution in [2.75, 3.05) is 7.11 Å². The average Bonchev–Trinajstić information content (AvgIpc) is 2.95. The molecule has 1 aromatic rings. The number of benzene rings is 1. The number of rotatable bonds is 6. The van der Waals surface area contributed by atoms with Gasteiger partial charge in [0.1, 0.15) is 5.75 Å². The van der Waals surface area contributed by atoms with Crippen molar-refractivity contribution in [3.8, 4) is 5.75 Å². The van der Waals surface area contributed by atoms with Gasteiger partial charge in [0.05, 0.1) is 7.11 Å². The maximum absolute atomic E-state index is 5.87. The predicted octanol–water partition coefficient (Wildman–Crippen LogP) is 2.75. The van der Waals surface area contributed by atoms with E-state index in [1.807, 2.05) is 12.1 Å². The largest absolute Gasteiger partial charge is 0.497 e. The number of hydrogen-bond acceptors (Lipinski definition) is 3. The topological polar surface area (TPSA) is 47.3 Å². The van der Waals surface area contributed by atoms with E-state index in [0.29, 0.717) is 6.04 Å². The predicted molar refractivity (Wildman–Crippen MR) is 83.7 cm³/mol. The van der Waals surface area contributed by atoms with Gasteiger partial charge in [0.2, 0.25) is 0 Å². The molecule has 2 bridgehead atoms. The van der Waals surface area contributed by atoms with Crippen molar-refractivity contribution in [2.24, 2.45) is 35.4 Å². The van der Waals surface area contributed by atoms with Crippen LogP contribution >= 0.6 is 0 Å². The number of nitrogens with one attached hydrogen (secondary N) is 1. The van der Waals surface area contributed by atoms with Crippen LogP contribution in [0.15, 0.2) is 24.3 Å². The lowest BCUT2D eigenvalue weighted by molar-refractivity contribution is 0.352. The number of nitrogens with two attached hydrogens (primary N) is 1. The van der Waals surface area contributed by atoms with Crippen molar-refractivity contribution in [2.45, 2.75) is 38.1 Å². The molecule has 3 aliphatic carbocycles. The van der Waals surface area contributed by atoms with E-state index >= 15 is 0 Å². The Morgan fingerprint density at radius 3 is 2.43 bits per heavy atom. The van der Waals surface area contributed by atoms with E-state index in [0.717, 1.165) is 48.2 Å². The Morgan fingerprint density at radius 1 is 1.19 bits per heavy atom. The van der Waals surface area contributed by atoms with E-state index < -0.39 is 0 Å². The maximum Gasteiger partial charge on any atom is 0.118 e. The maximum atomic E-state index is 5.87. The van der Waals surface area contributed by atoms with Gasteiger partial charge in [-0.15, -0.1) is 0 Å².